The third-order valence-corrected chi connectivity index (χ3v) is 18.8. The molecule has 2 aliphatic heterocycles. The summed E-state index contributed by atoms with van der Waals surface area (Å²) in [7, 11) is 0. The summed E-state index contributed by atoms with van der Waals surface area (Å²) in [6.07, 6.45) is 2.42. The van der Waals surface area contributed by atoms with Crippen LogP contribution < -0.4 is 15.7 Å². The lowest BCUT2D eigenvalue weighted by Gasteiger charge is -2.42. The van der Waals surface area contributed by atoms with E-state index in [1.807, 2.05) is 22.7 Å². The molecule has 0 unspecified atom stereocenters. The maximum Gasteiger partial charge on any atom is 0.333 e. The van der Waals surface area contributed by atoms with Gasteiger partial charge in [-0.25, -0.2) is 0 Å². The molecule has 0 fully saturated rings. The number of fused-ring (bicyclic) bond motifs is 17. The van der Waals surface area contributed by atoms with Crippen LogP contribution >= 0.6 is 22.7 Å². The van der Waals surface area contributed by atoms with Gasteiger partial charge in [-0.05, 0) is 139 Å². The first kappa shape index (κ1) is 41.8. The summed E-state index contributed by atoms with van der Waals surface area (Å²) in [6.45, 7) is 31.0. The van der Waals surface area contributed by atoms with E-state index in [1.165, 1.54) is 142 Å². The van der Waals surface area contributed by atoms with Gasteiger partial charge in [0.15, 0.2) is 0 Å². The van der Waals surface area contributed by atoms with Gasteiger partial charge in [-0.3, -0.25) is 0 Å². The molecule has 3 aromatic heterocycles. The number of rotatable bonds is 1. The second kappa shape index (κ2) is 13.2. The molecule has 1 aliphatic carbocycles. The van der Waals surface area contributed by atoms with Crippen molar-refractivity contribution in [2.24, 2.45) is 0 Å². The van der Waals surface area contributed by atoms with Crippen molar-refractivity contribution in [1.82, 2.24) is 4.57 Å². The zero-order chi connectivity index (χ0) is 46.6. The minimum atomic E-state index is -0.0583. The van der Waals surface area contributed by atoms with Crippen molar-refractivity contribution in [3.8, 4) is 16.8 Å². The fraction of sp³-hybridized carbons (Fsp3) is 0.323. The highest BCUT2D eigenvalue weighted by Gasteiger charge is 2.47. The molecule has 13 rings (SSSR count). The normalized spacial score (nSPS) is 16.5. The zero-order valence-corrected chi connectivity index (χ0v) is 43.2. The van der Waals surface area contributed by atoms with E-state index >= 15 is 0 Å². The number of benzene rings is 7. The Morgan fingerprint density at radius 1 is 0.522 bits per heavy atom. The molecular weight excluding hydrogens is 848 g/mol. The van der Waals surface area contributed by atoms with Gasteiger partial charge in [-0.1, -0.05) is 139 Å². The summed E-state index contributed by atoms with van der Waals surface area (Å²) in [6, 6.07) is 44.1. The van der Waals surface area contributed by atoms with E-state index in [0.29, 0.717) is 0 Å². The van der Waals surface area contributed by atoms with Gasteiger partial charge in [0.25, 0.3) is 0 Å². The Morgan fingerprint density at radius 3 is 1.84 bits per heavy atom. The third kappa shape index (κ3) is 5.74. The topological polar surface area (TPSA) is 8.17 Å². The smallest absolute Gasteiger partial charge is 0.333 e. The molecule has 5 heterocycles. The molecule has 0 radical (unpaired) electrons. The number of hydrogen-bond donors (Lipinski definition) is 0. The van der Waals surface area contributed by atoms with Crippen molar-refractivity contribution in [2.45, 2.75) is 130 Å². The van der Waals surface area contributed by atoms with Gasteiger partial charge in [0, 0.05) is 79.3 Å². The molecule has 2 nitrogen and oxygen atoms in total. The lowest BCUT2D eigenvalue weighted by atomic mass is 9.43. The van der Waals surface area contributed by atoms with Gasteiger partial charge < -0.3 is 9.38 Å². The van der Waals surface area contributed by atoms with E-state index in [9.17, 15) is 0 Å². The maximum atomic E-state index is 2.76. The predicted octanol–water partition coefficient (Wildman–Crippen LogP) is 17.0. The maximum absolute atomic E-state index is 2.76. The largest absolute Gasteiger partial charge is 0.376 e. The summed E-state index contributed by atoms with van der Waals surface area (Å²) >= 11 is 4.00. The zero-order valence-electron chi connectivity index (χ0n) is 41.6. The van der Waals surface area contributed by atoms with Gasteiger partial charge >= 0.3 is 6.85 Å². The molecule has 10 aromatic rings. The van der Waals surface area contributed by atoms with Crippen molar-refractivity contribution in [1.29, 1.82) is 0 Å². The molecule has 0 atom stereocenters. The van der Waals surface area contributed by atoms with Crippen molar-refractivity contribution in [3.63, 3.8) is 0 Å². The van der Waals surface area contributed by atoms with Crippen LogP contribution in [0.1, 0.15) is 131 Å². The highest BCUT2D eigenvalue weighted by molar-refractivity contribution is 7.27. The number of anilines is 2. The Balaban J connectivity index is 1.25. The molecule has 0 N–H and O–H groups in total. The molecule has 0 saturated heterocycles. The first-order valence-corrected chi connectivity index (χ1v) is 26.3. The average Bonchev–Trinajstić information content (AvgIpc) is 3.94. The molecule has 0 bridgehead atoms. The third-order valence-electron chi connectivity index (χ3n) is 16.5. The van der Waals surface area contributed by atoms with Gasteiger partial charge in [0.2, 0.25) is 0 Å². The highest BCUT2D eigenvalue weighted by Crippen LogP contribution is 2.56. The minimum Gasteiger partial charge on any atom is -0.376 e. The Bertz CT molecular complexity index is 3810. The SMILES string of the molecule is CC(C)(C)c1ccc(N2B3c4cc(C(C)(C)C)ccc4-n4c5ccc(C(C)(C)C)cc5c5c6c(sc7ccccc76)c(c3c54)-c3cc4c(cc32)sc2cc3c(cc24)C(C)(C)CCC3(C)C)cc1. The summed E-state index contributed by atoms with van der Waals surface area (Å²) < 4.78 is 8.21. The molecule has 334 valence electrons. The van der Waals surface area contributed by atoms with E-state index in [-0.39, 0.29) is 33.9 Å². The Labute approximate surface area is 404 Å². The van der Waals surface area contributed by atoms with Gasteiger partial charge in [0.1, 0.15) is 0 Å². The quantitative estimate of drug-likeness (QED) is 0.149. The van der Waals surface area contributed by atoms with Crippen LogP contribution in [0.15, 0.2) is 109 Å². The number of thiophene rings is 2. The van der Waals surface area contributed by atoms with Crippen molar-refractivity contribution in [2.75, 3.05) is 4.81 Å². The van der Waals surface area contributed by atoms with Gasteiger partial charge in [0.05, 0.1) is 11.0 Å². The fourth-order valence-electron chi connectivity index (χ4n) is 12.4. The molecule has 67 heavy (non-hydrogen) atoms. The molecular formula is C62H61BN2S2. The fourth-order valence-corrected chi connectivity index (χ4v) is 14.9. The van der Waals surface area contributed by atoms with Crippen molar-refractivity contribution >= 4 is 114 Å². The summed E-state index contributed by atoms with van der Waals surface area (Å²) in [5.74, 6) is 0. The lowest BCUT2D eigenvalue weighted by Crippen LogP contribution is -2.60. The van der Waals surface area contributed by atoms with E-state index < -0.39 is 0 Å². The number of hydrogen-bond acceptors (Lipinski definition) is 3. The Morgan fingerprint density at radius 2 is 1.13 bits per heavy atom. The van der Waals surface area contributed by atoms with Crippen molar-refractivity contribution < 1.29 is 0 Å². The van der Waals surface area contributed by atoms with E-state index in [4.69, 9.17) is 0 Å². The van der Waals surface area contributed by atoms with Crippen LogP contribution in [-0.4, -0.2) is 11.4 Å². The molecule has 0 spiro atoms. The lowest BCUT2D eigenvalue weighted by molar-refractivity contribution is 0.332. The van der Waals surface area contributed by atoms with Crippen LogP contribution in [0.5, 0.6) is 0 Å². The van der Waals surface area contributed by atoms with Crippen LogP contribution in [0.3, 0.4) is 0 Å². The van der Waals surface area contributed by atoms with Crippen LogP contribution in [0.25, 0.3) is 79.0 Å². The van der Waals surface area contributed by atoms with Gasteiger partial charge in [-0.2, -0.15) is 0 Å². The average molecular weight is 909 g/mol. The first-order chi connectivity index (χ1) is 31.6. The Hall–Kier alpha value is -5.36. The van der Waals surface area contributed by atoms with Crippen LogP contribution in [0.2, 0.25) is 0 Å². The van der Waals surface area contributed by atoms with Crippen LogP contribution in [0, 0.1) is 0 Å². The number of nitrogens with zero attached hydrogens (tertiary/aromatic N) is 2. The molecule has 0 amide bonds. The van der Waals surface area contributed by atoms with E-state index in [1.54, 1.807) is 0 Å². The molecule has 3 aliphatic rings. The van der Waals surface area contributed by atoms with Crippen LogP contribution in [0.4, 0.5) is 11.4 Å². The molecule has 7 aromatic carbocycles. The summed E-state index contributed by atoms with van der Waals surface area (Å²) in [5.41, 5.74) is 19.5. The van der Waals surface area contributed by atoms with Gasteiger partial charge in [-0.15, -0.1) is 22.7 Å². The minimum absolute atomic E-state index is 0.00271. The first-order valence-electron chi connectivity index (χ1n) is 24.7. The van der Waals surface area contributed by atoms with E-state index in [2.05, 4.69) is 209 Å². The molecule has 0 saturated carbocycles. The monoisotopic (exact) mass is 908 g/mol. The van der Waals surface area contributed by atoms with E-state index in [0.717, 1.165) is 0 Å². The van der Waals surface area contributed by atoms with Crippen LogP contribution in [-0.2, 0) is 27.1 Å². The predicted molar refractivity (Wildman–Crippen MR) is 297 cm³/mol. The van der Waals surface area contributed by atoms with Crippen molar-refractivity contribution in [3.05, 3.63) is 137 Å². The second-order valence-corrected chi connectivity index (χ2v) is 27.0. The highest BCUT2D eigenvalue weighted by atomic mass is 32.1. The summed E-state index contributed by atoms with van der Waals surface area (Å²) in [5, 5.41) is 8.29. The standard InChI is InChI=1S/C62H61BN2S2/c1-58(2,3)34-18-22-37(23-19-34)65-48-33-51-39(40-31-43-44(32-50(40)66-51)62(12,13)27-26-61(43,10)11)30-42(48)54-55-56-52(53-38-16-14-15-17-49(38)67-57(53)54)41-28-35(59(4,5)6)20-24-46(41)64(56)47-25-21-36(60(7,8)9)29-45(47)63(55)65/h14-25,28-33H,26-27H2,1-13H3. The number of aromatic nitrogens is 1. The Kier molecular flexibility index (Phi) is 8.26. The second-order valence-electron chi connectivity index (χ2n) is 24.9. The summed E-state index contributed by atoms with van der Waals surface area (Å²) in [4.78, 5) is 2.76. The molecule has 5 heteroatoms.